The maximum atomic E-state index is 12.2. The zero-order chi connectivity index (χ0) is 15.5. The zero-order valence-electron chi connectivity index (χ0n) is 11.9. The largest absolute Gasteiger partial charge is 0.364 e. The number of ether oxygens (including phenoxy) is 1. The van der Waals surface area contributed by atoms with Gasteiger partial charge in [0.05, 0.1) is 5.69 Å². The fourth-order valence-corrected chi connectivity index (χ4v) is 2.45. The molecule has 3 rings (SSSR count). The van der Waals surface area contributed by atoms with Crippen LogP contribution in [0.5, 0.6) is 0 Å². The number of hydrazone groups is 1. The normalized spacial score (nSPS) is 14.0. The number of carbonyl (C=O) groups excluding carboxylic acids is 1. The first-order valence-corrected chi connectivity index (χ1v) is 7.08. The number of carbonyl (C=O) groups is 1. The molecule has 2 aromatic rings. The van der Waals surface area contributed by atoms with E-state index in [0.717, 1.165) is 16.8 Å². The highest BCUT2D eigenvalue weighted by molar-refractivity contribution is 6.30. The van der Waals surface area contributed by atoms with Crippen LogP contribution in [-0.4, -0.2) is 25.6 Å². The molecule has 0 aromatic heterocycles. The van der Waals surface area contributed by atoms with Gasteiger partial charge in [-0.25, -0.2) is 10.2 Å². The molecule has 22 heavy (non-hydrogen) atoms. The second kappa shape index (κ2) is 6.17. The van der Waals surface area contributed by atoms with E-state index in [9.17, 15) is 4.79 Å². The predicted molar refractivity (Wildman–Crippen MR) is 86.4 cm³/mol. The number of rotatable bonds is 3. The summed E-state index contributed by atoms with van der Waals surface area (Å²) in [4.78, 5) is 13.7. The molecule has 0 fully saturated rings. The Bertz CT molecular complexity index is 728. The van der Waals surface area contributed by atoms with Crippen LogP contribution in [0, 0.1) is 0 Å². The first kappa shape index (κ1) is 14.6. The third-order valence-electron chi connectivity index (χ3n) is 3.33. The Morgan fingerprint density at radius 1 is 1.18 bits per heavy atom. The average Bonchev–Trinajstić information content (AvgIpc) is 2.67. The monoisotopic (exact) mass is 315 g/mol. The van der Waals surface area contributed by atoms with Gasteiger partial charge >= 0.3 is 6.03 Å². The number of nitrogens with one attached hydrogen (secondary N) is 1. The van der Waals surface area contributed by atoms with Crippen LogP contribution in [0.3, 0.4) is 0 Å². The summed E-state index contributed by atoms with van der Waals surface area (Å²) in [6.45, 7) is 0.145. The molecule has 112 valence electrons. The third-order valence-corrected chi connectivity index (χ3v) is 3.59. The van der Waals surface area contributed by atoms with Crippen molar-refractivity contribution in [1.29, 1.82) is 0 Å². The molecule has 0 radical (unpaired) electrons. The summed E-state index contributed by atoms with van der Waals surface area (Å²) in [5, 5.41) is 4.90. The molecule has 0 saturated carbocycles. The number of halogens is 1. The number of amides is 2. The van der Waals surface area contributed by atoms with Gasteiger partial charge in [0.1, 0.15) is 12.4 Å². The highest BCUT2D eigenvalue weighted by Crippen LogP contribution is 2.26. The number of para-hydroxylation sites is 1. The number of hydrogen-bond acceptors (Lipinski definition) is 3. The maximum absolute atomic E-state index is 12.2. The molecule has 1 aliphatic rings. The topological polar surface area (TPSA) is 53.9 Å². The Balaban J connectivity index is 2.13. The van der Waals surface area contributed by atoms with E-state index in [-0.39, 0.29) is 12.8 Å². The molecule has 1 aliphatic heterocycles. The molecule has 0 saturated heterocycles. The Morgan fingerprint density at radius 3 is 2.64 bits per heavy atom. The molecule has 2 amide bonds. The standard InChI is InChI=1S/C16H14ClN3O2/c1-22-10-20-14-5-3-2-4-13(14)15(18-19-16(20)21)11-6-8-12(17)9-7-11/h2-9H,10H2,1H3,(H,19,21). The third kappa shape index (κ3) is 2.68. The predicted octanol–water partition coefficient (Wildman–Crippen LogP) is 3.23. The molecule has 1 N–H and O–H groups in total. The molecule has 1 heterocycles. The van der Waals surface area contributed by atoms with Crippen molar-refractivity contribution in [3.8, 4) is 0 Å². The van der Waals surface area contributed by atoms with Crippen molar-refractivity contribution >= 4 is 29.0 Å². The highest BCUT2D eigenvalue weighted by atomic mass is 35.5. The minimum atomic E-state index is -0.335. The van der Waals surface area contributed by atoms with Crippen LogP contribution < -0.4 is 10.3 Å². The maximum Gasteiger partial charge on any atom is 0.344 e. The van der Waals surface area contributed by atoms with Gasteiger partial charge in [-0.3, -0.25) is 4.90 Å². The summed E-state index contributed by atoms with van der Waals surface area (Å²) >= 11 is 5.94. The van der Waals surface area contributed by atoms with Crippen LogP contribution in [0.2, 0.25) is 5.02 Å². The molecule has 0 unspecified atom stereocenters. The Morgan fingerprint density at radius 2 is 1.91 bits per heavy atom. The van der Waals surface area contributed by atoms with Gasteiger partial charge in [-0.15, -0.1) is 0 Å². The minimum Gasteiger partial charge on any atom is -0.364 e. The van der Waals surface area contributed by atoms with Gasteiger partial charge in [-0.05, 0) is 18.2 Å². The summed E-state index contributed by atoms with van der Waals surface area (Å²) in [6.07, 6.45) is 0. The molecule has 0 atom stereocenters. The van der Waals surface area contributed by atoms with Crippen LogP contribution in [0.1, 0.15) is 11.1 Å². The molecule has 0 bridgehead atoms. The van der Waals surface area contributed by atoms with E-state index < -0.39 is 0 Å². The van der Waals surface area contributed by atoms with Crippen molar-refractivity contribution < 1.29 is 9.53 Å². The molecule has 5 nitrogen and oxygen atoms in total. The van der Waals surface area contributed by atoms with Crippen LogP contribution in [0.25, 0.3) is 0 Å². The summed E-state index contributed by atoms with van der Waals surface area (Å²) in [6, 6.07) is 14.6. The smallest absolute Gasteiger partial charge is 0.344 e. The quantitative estimate of drug-likeness (QED) is 0.945. The number of fused-ring (bicyclic) bond motifs is 1. The number of anilines is 1. The second-order valence-electron chi connectivity index (χ2n) is 4.75. The van der Waals surface area contributed by atoms with Crippen LogP contribution in [-0.2, 0) is 4.74 Å². The lowest BCUT2D eigenvalue weighted by Gasteiger charge is -2.21. The second-order valence-corrected chi connectivity index (χ2v) is 5.18. The summed E-state index contributed by atoms with van der Waals surface area (Å²) in [5.41, 5.74) is 5.69. The van der Waals surface area contributed by atoms with Gasteiger partial charge < -0.3 is 4.74 Å². The molecule has 2 aromatic carbocycles. The van der Waals surface area contributed by atoms with E-state index in [2.05, 4.69) is 10.5 Å². The molecule has 6 heteroatoms. The lowest BCUT2D eigenvalue weighted by atomic mass is 10.0. The highest BCUT2D eigenvalue weighted by Gasteiger charge is 2.24. The first-order chi connectivity index (χ1) is 10.7. The molecule has 0 aliphatic carbocycles. The summed E-state index contributed by atoms with van der Waals surface area (Å²) < 4.78 is 5.12. The number of benzene rings is 2. The van der Waals surface area contributed by atoms with Gasteiger partial charge in [0.2, 0.25) is 0 Å². The van der Waals surface area contributed by atoms with Gasteiger partial charge in [-0.1, -0.05) is 41.9 Å². The number of nitrogens with zero attached hydrogens (tertiary/aromatic N) is 2. The van der Waals surface area contributed by atoms with Crippen molar-refractivity contribution in [1.82, 2.24) is 5.43 Å². The van der Waals surface area contributed by atoms with Crippen molar-refractivity contribution in [2.45, 2.75) is 0 Å². The SMILES string of the molecule is COCN1C(=O)NN=C(c2ccc(Cl)cc2)c2ccccc21. The van der Waals surface area contributed by atoms with Crippen molar-refractivity contribution in [2.24, 2.45) is 5.10 Å². The minimum absolute atomic E-state index is 0.145. The Labute approximate surface area is 133 Å². The van der Waals surface area contributed by atoms with E-state index in [1.165, 1.54) is 4.90 Å². The lowest BCUT2D eigenvalue weighted by Crippen LogP contribution is -2.38. The average molecular weight is 316 g/mol. The van der Waals surface area contributed by atoms with Gasteiger partial charge in [-0.2, -0.15) is 5.10 Å². The van der Waals surface area contributed by atoms with E-state index in [0.29, 0.717) is 10.7 Å². The fraction of sp³-hybridized carbons (Fsp3) is 0.125. The van der Waals surface area contributed by atoms with Gasteiger partial charge in [0.25, 0.3) is 0 Å². The van der Waals surface area contributed by atoms with Gasteiger partial charge in [0.15, 0.2) is 0 Å². The Hall–Kier alpha value is -2.37. The molecule has 0 spiro atoms. The fourth-order valence-electron chi connectivity index (χ4n) is 2.33. The zero-order valence-corrected chi connectivity index (χ0v) is 12.7. The molecular weight excluding hydrogens is 302 g/mol. The van der Waals surface area contributed by atoms with E-state index in [1.807, 2.05) is 36.4 Å². The van der Waals surface area contributed by atoms with Crippen LogP contribution >= 0.6 is 11.6 Å². The van der Waals surface area contributed by atoms with Crippen molar-refractivity contribution in [3.05, 3.63) is 64.7 Å². The number of hydrogen-bond donors (Lipinski definition) is 1. The number of urea groups is 1. The van der Waals surface area contributed by atoms with Crippen LogP contribution in [0.15, 0.2) is 53.6 Å². The van der Waals surface area contributed by atoms with E-state index in [1.54, 1.807) is 19.2 Å². The van der Waals surface area contributed by atoms with Crippen LogP contribution in [0.4, 0.5) is 10.5 Å². The van der Waals surface area contributed by atoms with Crippen molar-refractivity contribution in [3.63, 3.8) is 0 Å². The first-order valence-electron chi connectivity index (χ1n) is 6.70. The van der Waals surface area contributed by atoms with Gasteiger partial charge in [0, 0.05) is 23.3 Å². The summed E-state index contributed by atoms with van der Waals surface area (Å²) in [5.74, 6) is 0. The van der Waals surface area contributed by atoms with E-state index in [4.69, 9.17) is 16.3 Å². The Kier molecular flexibility index (Phi) is 4.09. The lowest BCUT2D eigenvalue weighted by molar-refractivity contribution is 0.191. The molecular formula is C16H14ClN3O2. The number of methoxy groups -OCH3 is 1. The van der Waals surface area contributed by atoms with E-state index >= 15 is 0 Å². The summed E-state index contributed by atoms with van der Waals surface area (Å²) in [7, 11) is 1.54. The van der Waals surface area contributed by atoms with Crippen molar-refractivity contribution in [2.75, 3.05) is 18.7 Å².